The van der Waals surface area contributed by atoms with Gasteiger partial charge in [-0.15, -0.1) is 0 Å². The highest BCUT2D eigenvalue weighted by atomic mass is 32.2. The molecule has 0 radical (unpaired) electrons. The van der Waals surface area contributed by atoms with Crippen LogP contribution in [-0.4, -0.2) is 56.9 Å². The van der Waals surface area contributed by atoms with Gasteiger partial charge in [0.25, 0.3) is 11.5 Å². The minimum atomic E-state index is -0.203. The molecule has 2 aromatic rings. The zero-order valence-corrected chi connectivity index (χ0v) is 18.0. The lowest BCUT2D eigenvalue weighted by Gasteiger charge is -2.29. The Labute approximate surface area is 178 Å². The summed E-state index contributed by atoms with van der Waals surface area (Å²) in [7, 11) is 0. The van der Waals surface area contributed by atoms with Gasteiger partial charge < -0.3 is 9.64 Å². The van der Waals surface area contributed by atoms with Crippen molar-refractivity contribution >= 4 is 51.7 Å². The van der Waals surface area contributed by atoms with Crippen molar-refractivity contribution in [1.29, 1.82) is 0 Å². The third kappa shape index (κ3) is 3.70. The summed E-state index contributed by atoms with van der Waals surface area (Å²) in [6.07, 6.45) is 4.15. The normalized spacial score (nSPS) is 20.1. The predicted octanol–water partition coefficient (Wildman–Crippen LogP) is 2.53. The first-order valence-corrected chi connectivity index (χ1v) is 10.8. The monoisotopic (exact) mass is 430 g/mol. The van der Waals surface area contributed by atoms with Crippen molar-refractivity contribution in [1.82, 2.24) is 14.3 Å². The number of thioether (sulfide) groups is 1. The Hall–Kier alpha value is -2.23. The number of amides is 1. The van der Waals surface area contributed by atoms with Crippen LogP contribution in [0.5, 0.6) is 0 Å². The highest BCUT2D eigenvalue weighted by Crippen LogP contribution is 2.35. The highest BCUT2D eigenvalue weighted by Gasteiger charge is 2.35. The molecule has 0 saturated carbocycles. The van der Waals surface area contributed by atoms with Gasteiger partial charge in [-0.2, -0.15) is 0 Å². The van der Waals surface area contributed by atoms with Crippen LogP contribution in [0.3, 0.4) is 0 Å². The van der Waals surface area contributed by atoms with Gasteiger partial charge in [-0.25, -0.2) is 4.98 Å². The molecule has 0 aliphatic carbocycles. The lowest BCUT2D eigenvalue weighted by Crippen LogP contribution is -2.38. The number of ether oxygens (including phenoxy) is 1. The van der Waals surface area contributed by atoms with Crippen LogP contribution in [0.1, 0.15) is 25.8 Å². The molecule has 2 aliphatic rings. The Balaban J connectivity index is 1.85. The van der Waals surface area contributed by atoms with Crippen LogP contribution in [0.15, 0.2) is 34.1 Å². The molecule has 0 spiro atoms. The third-order valence-corrected chi connectivity index (χ3v) is 6.52. The summed E-state index contributed by atoms with van der Waals surface area (Å²) in [5.41, 5.74) is 0.773. The number of aromatic nitrogens is 2. The van der Waals surface area contributed by atoms with Crippen LogP contribution in [0.2, 0.25) is 0 Å². The molecule has 4 heterocycles. The molecule has 4 rings (SSSR count). The van der Waals surface area contributed by atoms with Gasteiger partial charge in [-0.05, 0) is 31.6 Å². The summed E-state index contributed by atoms with van der Waals surface area (Å²) < 4.78 is 7.48. The van der Waals surface area contributed by atoms with E-state index < -0.39 is 0 Å². The van der Waals surface area contributed by atoms with E-state index in [1.807, 2.05) is 24.8 Å². The van der Waals surface area contributed by atoms with E-state index >= 15 is 0 Å². The minimum Gasteiger partial charge on any atom is -0.378 e. The van der Waals surface area contributed by atoms with Crippen molar-refractivity contribution in [3.05, 3.63) is 45.2 Å². The van der Waals surface area contributed by atoms with E-state index in [4.69, 9.17) is 21.9 Å². The fraction of sp³-hybridized carbons (Fsp3) is 0.400. The average Bonchev–Trinajstić information content (AvgIpc) is 3.03. The van der Waals surface area contributed by atoms with Gasteiger partial charge in [0.2, 0.25) is 0 Å². The van der Waals surface area contributed by atoms with Gasteiger partial charge in [0.15, 0.2) is 0 Å². The Morgan fingerprint density at radius 1 is 1.31 bits per heavy atom. The number of rotatable bonds is 4. The van der Waals surface area contributed by atoms with E-state index in [9.17, 15) is 9.59 Å². The topological polar surface area (TPSA) is 67.2 Å². The number of thiocarbonyl (C=S) groups is 1. The van der Waals surface area contributed by atoms with Crippen LogP contribution in [0.4, 0.5) is 5.82 Å². The van der Waals surface area contributed by atoms with Crippen LogP contribution in [0.25, 0.3) is 11.7 Å². The Morgan fingerprint density at radius 2 is 2.07 bits per heavy atom. The van der Waals surface area contributed by atoms with E-state index in [-0.39, 0.29) is 17.5 Å². The number of fused-ring (bicyclic) bond motifs is 1. The minimum absolute atomic E-state index is 0.0166. The van der Waals surface area contributed by atoms with Gasteiger partial charge in [0.05, 0.1) is 23.7 Å². The van der Waals surface area contributed by atoms with Crippen molar-refractivity contribution in [2.45, 2.75) is 26.3 Å². The number of morpholine rings is 1. The van der Waals surface area contributed by atoms with Crippen molar-refractivity contribution in [3.8, 4) is 0 Å². The molecule has 9 heteroatoms. The van der Waals surface area contributed by atoms with Gasteiger partial charge in [0.1, 0.15) is 15.8 Å². The summed E-state index contributed by atoms with van der Waals surface area (Å²) >= 11 is 6.66. The van der Waals surface area contributed by atoms with Gasteiger partial charge >= 0.3 is 0 Å². The molecule has 0 aromatic carbocycles. The quantitative estimate of drug-likeness (QED) is 0.545. The second-order valence-corrected chi connectivity index (χ2v) is 8.67. The maximum atomic E-state index is 13.3. The SMILES string of the molecule is CC[C@H](C)N1C(=O)/C(=C/c2c(N3CCOCC3)nc3ccccn3c2=O)SC1=S. The number of hydrogen-bond donors (Lipinski definition) is 0. The standard InChI is InChI=1S/C20H22N4O3S2/c1-3-13(2)24-19(26)15(29-20(24)28)12-14-17(22-8-10-27-11-9-22)21-16-6-4-5-7-23(16)18(14)25/h4-7,12-13H,3,8-11H2,1-2H3/b15-12-/t13-/m0/s1. The van der Waals surface area contributed by atoms with Crippen molar-refractivity contribution in [2.24, 2.45) is 0 Å². The summed E-state index contributed by atoms with van der Waals surface area (Å²) in [6, 6.07) is 5.46. The molecule has 2 fully saturated rings. The Bertz CT molecular complexity index is 1060. The third-order valence-electron chi connectivity index (χ3n) is 5.19. The summed E-state index contributed by atoms with van der Waals surface area (Å²) in [4.78, 5) is 35.1. The number of nitrogens with zero attached hydrogens (tertiary/aromatic N) is 4. The first-order chi connectivity index (χ1) is 14.0. The van der Waals surface area contributed by atoms with Crippen molar-refractivity contribution in [3.63, 3.8) is 0 Å². The molecule has 0 unspecified atom stereocenters. The number of anilines is 1. The molecule has 1 amide bonds. The molecular formula is C20H22N4O3S2. The number of carbonyl (C=O) groups is 1. The number of pyridine rings is 1. The van der Waals surface area contributed by atoms with Crippen LogP contribution in [0, 0.1) is 0 Å². The van der Waals surface area contributed by atoms with E-state index in [1.165, 1.54) is 16.2 Å². The molecule has 29 heavy (non-hydrogen) atoms. The van der Waals surface area contributed by atoms with Gasteiger partial charge in [0, 0.05) is 25.3 Å². The molecule has 0 bridgehead atoms. The van der Waals surface area contributed by atoms with E-state index in [0.29, 0.717) is 52.6 Å². The van der Waals surface area contributed by atoms with E-state index in [0.717, 1.165) is 6.42 Å². The summed E-state index contributed by atoms with van der Waals surface area (Å²) in [5.74, 6) is 0.429. The number of carbonyl (C=O) groups excluding carboxylic acids is 1. The fourth-order valence-electron chi connectivity index (χ4n) is 3.41. The van der Waals surface area contributed by atoms with Crippen molar-refractivity contribution in [2.75, 3.05) is 31.2 Å². The lowest BCUT2D eigenvalue weighted by molar-refractivity contribution is -0.123. The molecule has 2 saturated heterocycles. The summed E-state index contributed by atoms with van der Waals surface area (Å²) in [5, 5.41) is 0. The largest absolute Gasteiger partial charge is 0.378 e. The zero-order chi connectivity index (χ0) is 20.5. The molecule has 2 aromatic heterocycles. The predicted molar refractivity (Wildman–Crippen MR) is 119 cm³/mol. The highest BCUT2D eigenvalue weighted by molar-refractivity contribution is 8.26. The Morgan fingerprint density at radius 3 is 2.79 bits per heavy atom. The van der Waals surface area contributed by atoms with Crippen molar-refractivity contribution < 1.29 is 9.53 Å². The molecular weight excluding hydrogens is 408 g/mol. The van der Waals surface area contributed by atoms with Gasteiger partial charge in [-0.3, -0.25) is 18.9 Å². The first-order valence-electron chi connectivity index (χ1n) is 9.62. The van der Waals surface area contributed by atoms with Crippen LogP contribution in [-0.2, 0) is 9.53 Å². The maximum absolute atomic E-state index is 13.3. The number of hydrogen-bond acceptors (Lipinski definition) is 7. The molecule has 0 N–H and O–H groups in total. The molecule has 152 valence electrons. The first kappa shape index (κ1) is 20.1. The van der Waals surface area contributed by atoms with E-state index in [1.54, 1.807) is 29.3 Å². The molecule has 1 atom stereocenters. The second-order valence-electron chi connectivity index (χ2n) is 6.99. The average molecular weight is 431 g/mol. The second kappa shape index (κ2) is 8.25. The smallest absolute Gasteiger partial charge is 0.267 e. The van der Waals surface area contributed by atoms with Gasteiger partial charge in [-0.1, -0.05) is 37.0 Å². The molecule has 7 nitrogen and oxygen atoms in total. The van der Waals surface area contributed by atoms with E-state index in [2.05, 4.69) is 0 Å². The molecule has 2 aliphatic heterocycles. The maximum Gasteiger partial charge on any atom is 0.267 e. The van der Waals surface area contributed by atoms with Crippen LogP contribution >= 0.6 is 24.0 Å². The Kier molecular flexibility index (Phi) is 5.71. The summed E-state index contributed by atoms with van der Waals surface area (Å²) in [6.45, 7) is 6.42. The fourth-order valence-corrected chi connectivity index (χ4v) is 4.85. The zero-order valence-electron chi connectivity index (χ0n) is 16.3. The van der Waals surface area contributed by atoms with Crippen LogP contribution < -0.4 is 10.5 Å². The lowest BCUT2D eigenvalue weighted by atomic mass is 10.2.